The molecule has 4 nitrogen and oxygen atoms in total. The maximum atomic E-state index is 12.5. The summed E-state index contributed by atoms with van der Waals surface area (Å²) in [7, 11) is 1.76. The van der Waals surface area contributed by atoms with Crippen LogP contribution in [-0.4, -0.2) is 36.5 Å². The Morgan fingerprint density at radius 2 is 1.74 bits per heavy atom. The number of esters is 1. The average Bonchev–Trinajstić information content (AvgIpc) is 2.26. The van der Waals surface area contributed by atoms with Gasteiger partial charge in [0, 0.05) is 13.1 Å². The molecule has 2 unspecified atom stereocenters. The van der Waals surface area contributed by atoms with Crippen molar-refractivity contribution in [1.82, 2.24) is 4.90 Å². The molecule has 0 N–H and O–H groups in total. The van der Waals surface area contributed by atoms with Crippen molar-refractivity contribution >= 4 is 11.9 Å². The Hall–Kier alpha value is -1.06. The number of nitrogens with zero attached hydrogens (tertiary/aromatic N) is 1. The van der Waals surface area contributed by atoms with Gasteiger partial charge in [0.25, 0.3) is 0 Å². The SMILES string of the molecule is CCCC(C)N(C)C(=O)C(C(=O)OCC)C(C)(C)C. The molecule has 2 atom stereocenters. The van der Waals surface area contributed by atoms with E-state index in [-0.39, 0.29) is 11.9 Å². The number of ether oxygens (including phenoxy) is 1. The fourth-order valence-corrected chi connectivity index (χ4v) is 2.08. The number of carbonyl (C=O) groups excluding carboxylic acids is 2. The van der Waals surface area contributed by atoms with E-state index in [0.29, 0.717) is 6.61 Å². The lowest BCUT2D eigenvalue weighted by atomic mass is 9.79. The Balaban J connectivity index is 5.07. The van der Waals surface area contributed by atoms with Gasteiger partial charge in [-0.25, -0.2) is 0 Å². The van der Waals surface area contributed by atoms with Crippen molar-refractivity contribution in [1.29, 1.82) is 0 Å². The Labute approximate surface area is 117 Å². The predicted octanol–water partition coefficient (Wildman–Crippen LogP) is 2.86. The Morgan fingerprint density at radius 1 is 1.21 bits per heavy atom. The van der Waals surface area contributed by atoms with Crippen molar-refractivity contribution < 1.29 is 14.3 Å². The number of rotatable bonds is 6. The maximum absolute atomic E-state index is 12.5. The Bertz CT molecular complexity index is 307. The molecule has 0 aliphatic rings. The lowest BCUT2D eigenvalue weighted by molar-refractivity contribution is -0.160. The molecular weight excluding hydrogens is 242 g/mol. The third-order valence-corrected chi connectivity index (χ3v) is 3.35. The van der Waals surface area contributed by atoms with E-state index >= 15 is 0 Å². The summed E-state index contributed by atoms with van der Waals surface area (Å²) in [5.74, 6) is -1.31. The van der Waals surface area contributed by atoms with Crippen molar-refractivity contribution in [2.24, 2.45) is 11.3 Å². The lowest BCUT2D eigenvalue weighted by Crippen LogP contribution is -2.47. The third-order valence-electron chi connectivity index (χ3n) is 3.35. The first-order valence-corrected chi connectivity index (χ1v) is 7.10. The first kappa shape index (κ1) is 17.9. The molecule has 19 heavy (non-hydrogen) atoms. The van der Waals surface area contributed by atoms with Crippen LogP contribution in [0.25, 0.3) is 0 Å². The van der Waals surface area contributed by atoms with Gasteiger partial charge in [0.1, 0.15) is 5.92 Å². The van der Waals surface area contributed by atoms with Crippen molar-refractivity contribution in [3.63, 3.8) is 0 Å². The second-order valence-electron chi connectivity index (χ2n) is 6.14. The van der Waals surface area contributed by atoms with Gasteiger partial charge in [-0.3, -0.25) is 9.59 Å². The van der Waals surface area contributed by atoms with Gasteiger partial charge in [0.2, 0.25) is 5.91 Å². The van der Waals surface area contributed by atoms with Gasteiger partial charge in [-0.2, -0.15) is 0 Å². The highest BCUT2D eigenvalue weighted by Gasteiger charge is 2.41. The minimum Gasteiger partial charge on any atom is -0.465 e. The molecule has 0 saturated heterocycles. The largest absolute Gasteiger partial charge is 0.465 e. The van der Waals surface area contributed by atoms with E-state index < -0.39 is 17.3 Å². The van der Waals surface area contributed by atoms with Crippen LogP contribution in [0.15, 0.2) is 0 Å². The normalized spacial score (nSPS) is 14.7. The molecule has 0 radical (unpaired) electrons. The number of amides is 1. The first-order valence-electron chi connectivity index (χ1n) is 7.10. The molecule has 0 spiro atoms. The molecule has 0 aromatic rings. The van der Waals surface area contributed by atoms with Gasteiger partial charge in [0.05, 0.1) is 6.61 Å². The van der Waals surface area contributed by atoms with E-state index in [1.807, 2.05) is 27.7 Å². The molecule has 0 aliphatic carbocycles. The van der Waals surface area contributed by atoms with Crippen molar-refractivity contribution in [2.75, 3.05) is 13.7 Å². The minimum absolute atomic E-state index is 0.136. The molecule has 1 amide bonds. The smallest absolute Gasteiger partial charge is 0.319 e. The van der Waals surface area contributed by atoms with Crippen molar-refractivity contribution in [2.45, 2.75) is 60.4 Å². The quantitative estimate of drug-likeness (QED) is 0.551. The molecule has 0 saturated carbocycles. The third kappa shape index (κ3) is 5.21. The summed E-state index contributed by atoms with van der Waals surface area (Å²) in [5.41, 5.74) is -0.441. The van der Waals surface area contributed by atoms with E-state index in [0.717, 1.165) is 12.8 Å². The van der Waals surface area contributed by atoms with E-state index in [9.17, 15) is 9.59 Å². The maximum Gasteiger partial charge on any atom is 0.319 e. The van der Waals surface area contributed by atoms with Gasteiger partial charge < -0.3 is 9.64 Å². The second kappa shape index (κ2) is 7.51. The van der Waals surface area contributed by atoms with Crippen molar-refractivity contribution in [3.8, 4) is 0 Å². The number of hydrogen-bond donors (Lipinski definition) is 0. The van der Waals surface area contributed by atoms with Crippen LogP contribution in [0.2, 0.25) is 0 Å². The average molecular weight is 271 g/mol. The summed E-state index contributed by atoms with van der Waals surface area (Å²) in [6, 6.07) is 0.136. The highest BCUT2D eigenvalue weighted by atomic mass is 16.5. The molecule has 0 aromatic carbocycles. The van der Waals surface area contributed by atoms with E-state index in [2.05, 4.69) is 6.92 Å². The van der Waals surface area contributed by atoms with Gasteiger partial charge >= 0.3 is 5.97 Å². The van der Waals surface area contributed by atoms with Gasteiger partial charge in [0.15, 0.2) is 0 Å². The first-order chi connectivity index (χ1) is 8.66. The lowest BCUT2D eigenvalue weighted by Gasteiger charge is -2.33. The van der Waals surface area contributed by atoms with E-state index in [1.54, 1.807) is 18.9 Å². The summed E-state index contributed by atoms with van der Waals surface area (Å²) >= 11 is 0. The van der Waals surface area contributed by atoms with Crippen LogP contribution in [-0.2, 0) is 14.3 Å². The van der Waals surface area contributed by atoms with Crippen LogP contribution in [0.4, 0.5) is 0 Å². The summed E-state index contributed by atoms with van der Waals surface area (Å²) in [5, 5.41) is 0. The van der Waals surface area contributed by atoms with Crippen LogP contribution in [0.5, 0.6) is 0 Å². The van der Waals surface area contributed by atoms with Gasteiger partial charge in [-0.15, -0.1) is 0 Å². The Kier molecular flexibility index (Phi) is 7.09. The Morgan fingerprint density at radius 3 is 2.11 bits per heavy atom. The number of hydrogen-bond acceptors (Lipinski definition) is 3. The molecule has 0 bridgehead atoms. The summed E-state index contributed by atoms with van der Waals surface area (Å²) in [6.07, 6.45) is 1.94. The molecule has 0 heterocycles. The zero-order chi connectivity index (χ0) is 15.2. The predicted molar refractivity (Wildman–Crippen MR) is 76.7 cm³/mol. The van der Waals surface area contributed by atoms with Crippen LogP contribution >= 0.6 is 0 Å². The van der Waals surface area contributed by atoms with Gasteiger partial charge in [-0.1, -0.05) is 34.1 Å². The highest BCUT2D eigenvalue weighted by molar-refractivity contribution is 5.98. The summed E-state index contributed by atoms with van der Waals surface area (Å²) in [6.45, 7) is 11.8. The van der Waals surface area contributed by atoms with E-state index in [4.69, 9.17) is 4.74 Å². The van der Waals surface area contributed by atoms with Gasteiger partial charge in [-0.05, 0) is 25.7 Å². The van der Waals surface area contributed by atoms with Crippen LogP contribution in [0.3, 0.4) is 0 Å². The second-order valence-corrected chi connectivity index (χ2v) is 6.14. The fraction of sp³-hybridized carbons (Fsp3) is 0.867. The fourth-order valence-electron chi connectivity index (χ4n) is 2.08. The molecule has 0 aliphatic heterocycles. The highest BCUT2D eigenvalue weighted by Crippen LogP contribution is 2.29. The standard InChI is InChI=1S/C15H29NO3/c1-8-10-11(3)16(7)13(17)12(15(4,5)6)14(18)19-9-2/h11-12H,8-10H2,1-7H3. The molecule has 0 rings (SSSR count). The summed E-state index contributed by atoms with van der Waals surface area (Å²) < 4.78 is 5.06. The minimum atomic E-state index is -0.739. The number of carbonyl (C=O) groups is 2. The monoisotopic (exact) mass is 271 g/mol. The zero-order valence-electron chi connectivity index (χ0n) is 13.4. The summed E-state index contributed by atoms with van der Waals surface area (Å²) in [4.78, 5) is 26.3. The van der Waals surface area contributed by atoms with Crippen LogP contribution in [0, 0.1) is 11.3 Å². The topological polar surface area (TPSA) is 46.6 Å². The van der Waals surface area contributed by atoms with Crippen LogP contribution in [0.1, 0.15) is 54.4 Å². The van der Waals surface area contributed by atoms with Crippen molar-refractivity contribution in [3.05, 3.63) is 0 Å². The molecule has 4 heteroatoms. The van der Waals surface area contributed by atoms with E-state index in [1.165, 1.54) is 0 Å². The molecule has 0 fully saturated rings. The molecular formula is C15H29NO3. The molecule has 112 valence electrons. The van der Waals surface area contributed by atoms with Crippen LogP contribution < -0.4 is 0 Å². The molecule has 0 aromatic heterocycles. The zero-order valence-corrected chi connectivity index (χ0v) is 13.4.